The zero-order valence-electron chi connectivity index (χ0n) is 11.9. The second-order valence-corrected chi connectivity index (χ2v) is 6.55. The predicted octanol–water partition coefficient (Wildman–Crippen LogP) is 3.79. The van der Waals surface area contributed by atoms with Gasteiger partial charge >= 0.3 is 0 Å². The average Bonchev–Trinajstić information content (AvgIpc) is 2.83. The van der Waals surface area contributed by atoms with Crippen LogP contribution in [0.15, 0.2) is 39.1 Å². The predicted molar refractivity (Wildman–Crippen MR) is 86.0 cm³/mol. The van der Waals surface area contributed by atoms with Crippen LogP contribution < -0.4 is 5.32 Å². The van der Waals surface area contributed by atoms with Crippen LogP contribution in [0.3, 0.4) is 0 Å². The molecule has 0 aliphatic heterocycles. The van der Waals surface area contributed by atoms with E-state index in [9.17, 15) is 0 Å². The first-order valence-electron chi connectivity index (χ1n) is 6.66. The first-order chi connectivity index (χ1) is 9.61. The summed E-state index contributed by atoms with van der Waals surface area (Å²) in [6, 6.07) is 6.67. The average molecular weight is 355 g/mol. The van der Waals surface area contributed by atoms with E-state index in [2.05, 4.69) is 63.4 Å². The molecule has 0 saturated carbocycles. The maximum atomic E-state index is 4.28. The van der Waals surface area contributed by atoms with Gasteiger partial charge in [-0.3, -0.25) is 0 Å². The Balaban J connectivity index is 2.25. The van der Waals surface area contributed by atoms with E-state index in [0.717, 1.165) is 22.6 Å². The first kappa shape index (κ1) is 15.5. The highest BCUT2D eigenvalue weighted by Gasteiger charge is 2.13. The maximum Gasteiger partial charge on any atom is 0.190 e. The SMILES string of the molecule is CCCNC(C)c1cc(Br)ccc1Sc1ncnn1C. The summed E-state index contributed by atoms with van der Waals surface area (Å²) in [6.45, 7) is 5.38. The van der Waals surface area contributed by atoms with Crippen molar-refractivity contribution < 1.29 is 0 Å². The van der Waals surface area contributed by atoms with Crippen LogP contribution in [0.5, 0.6) is 0 Å². The fourth-order valence-electron chi connectivity index (χ4n) is 1.90. The minimum absolute atomic E-state index is 0.308. The van der Waals surface area contributed by atoms with Gasteiger partial charge in [0.1, 0.15) is 6.33 Å². The lowest BCUT2D eigenvalue weighted by molar-refractivity contribution is 0.563. The molecule has 0 aliphatic carbocycles. The summed E-state index contributed by atoms with van der Waals surface area (Å²) < 4.78 is 2.89. The van der Waals surface area contributed by atoms with E-state index < -0.39 is 0 Å². The second-order valence-electron chi connectivity index (χ2n) is 4.63. The Bertz CT molecular complexity index is 570. The minimum atomic E-state index is 0.308. The molecule has 2 aromatic rings. The first-order valence-corrected chi connectivity index (χ1v) is 8.27. The minimum Gasteiger partial charge on any atom is -0.310 e. The molecular formula is C14H19BrN4S. The van der Waals surface area contributed by atoms with Crippen LogP contribution in [0.2, 0.25) is 0 Å². The number of aromatic nitrogens is 3. The molecule has 2 rings (SSSR count). The molecule has 1 aromatic heterocycles. The van der Waals surface area contributed by atoms with Crippen molar-refractivity contribution in [3.63, 3.8) is 0 Å². The monoisotopic (exact) mass is 354 g/mol. The van der Waals surface area contributed by atoms with Gasteiger partial charge in [0.05, 0.1) is 0 Å². The van der Waals surface area contributed by atoms with Gasteiger partial charge in [-0.2, -0.15) is 5.10 Å². The molecule has 0 fully saturated rings. The zero-order valence-corrected chi connectivity index (χ0v) is 14.3. The molecule has 0 aliphatic rings. The summed E-state index contributed by atoms with van der Waals surface area (Å²) in [5.41, 5.74) is 1.28. The van der Waals surface area contributed by atoms with E-state index >= 15 is 0 Å². The smallest absolute Gasteiger partial charge is 0.190 e. The molecule has 1 N–H and O–H groups in total. The van der Waals surface area contributed by atoms with Crippen LogP contribution in [0.25, 0.3) is 0 Å². The van der Waals surface area contributed by atoms with Crippen LogP contribution in [0, 0.1) is 0 Å². The van der Waals surface area contributed by atoms with Gasteiger partial charge in [0.25, 0.3) is 0 Å². The van der Waals surface area contributed by atoms with Crippen molar-refractivity contribution in [1.82, 2.24) is 20.1 Å². The molecule has 1 atom stereocenters. The highest BCUT2D eigenvalue weighted by atomic mass is 79.9. The Morgan fingerprint density at radius 1 is 1.45 bits per heavy atom. The molecule has 1 heterocycles. The topological polar surface area (TPSA) is 42.7 Å². The van der Waals surface area contributed by atoms with E-state index in [-0.39, 0.29) is 0 Å². The van der Waals surface area contributed by atoms with Gasteiger partial charge in [0.15, 0.2) is 5.16 Å². The molecule has 0 bridgehead atoms. The largest absolute Gasteiger partial charge is 0.310 e. The molecule has 0 saturated heterocycles. The molecule has 1 aromatic carbocycles. The molecule has 108 valence electrons. The van der Waals surface area contributed by atoms with Crippen molar-refractivity contribution >= 4 is 27.7 Å². The highest BCUT2D eigenvalue weighted by Crippen LogP contribution is 2.33. The third-order valence-corrected chi connectivity index (χ3v) is 4.65. The molecule has 0 radical (unpaired) electrons. The highest BCUT2D eigenvalue weighted by molar-refractivity contribution is 9.10. The number of aryl methyl sites for hydroxylation is 1. The summed E-state index contributed by atoms with van der Waals surface area (Å²) in [7, 11) is 1.91. The number of hydrogen-bond donors (Lipinski definition) is 1. The molecule has 6 heteroatoms. The van der Waals surface area contributed by atoms with Crippen LogP contribution in [-0.4, -0.2) is 21.3 Å². The summed E-state index contributed by atoms with van der Waals surface area (Å²) >= 11 is 5.20. The van der Waals surface area contributed by atoms with Crippen molar-refractivity contribution in [3.05, 3.63) is 34.6 Å². The van der Waals surface area contributed by atoms with Gasteiger partial charge in [0, 0.05) is 22.5 Å². The lowest BCUT2D eigenvalue weighted by atomic mass is 10.1. The van der Waals surface area contributed by atoms with E-state index in [0.29, 0.717) is 6.04 Å². The molecule has 20 heavy (non-hydrogen) atoms. The van der Waals surface area contributed by atoms with Crippen molar-refractivity contribution in [3.8, 4) is 0 Å². The van der Waals surface area contributed by atoms with Gasteiger partial charge in [-0.15, -0.1) is 0 Å². The normalized spacial score (nSPS) is 12.6. The van der Waals surface area contributed by atoms with Crippen LogP contribution in [-0.2, 0) is 7.05 Å². The Kier molecular flexibility index (Phi) is 5.63. The van der Waals surface area contributed by atoms with Crippen molar-refractivity contribution in [2.24, 2.45) is 7.05 Å². The number of rotatable bonds is 6. The Morgan fingerprint density at radius 3 is 2.90 bits per heavy atom. The quantitative estimate of drug-likeness (QED) is 0.856. The van der Waals surface area contributed by atoms with Crippen LogP contribution in [0.1, 0.15) is 31.9 Å². The molecule has 4 nitrogen and oxygen atoms in total. The fraction of sp³-hybridized carbons (Fsp3) is 0.429. The van der Waals surface area contributed by atoms with E-state index in [1.165, 1.54) is 10.5 Å². The number of nitrogens with one attached hydrogen (secondary N) is 1. The molecule has 1 unspecified atom stereocenters. The van der Waals surface area contributed by atoms with Gasteiger partial charge in [0.2, 0.25) is 0 Å². The number of hydrogen-bond acceptors (Lipinski definition) is 4. The van der Waals surface area contributed by atoms with Crippen LogP contribution >= 0.6 is 27.7 Å². The summed E-state index contributed by atoms with van der Waals surface area (Å²) in [5, 5.41) is 8.55. The Hall–Kier alpha value is -0.850. The lowest BCUT2D eigenvalue weighted by Gasteiger charge is -2.17. The van der Waals surface area contributed by atoms with E-state index in [1.807, 2.05) is 7.05 Å². The van der Waals surface area contributed by atoms with E-state index in [4.69, 9.17) is 0 Å². The summed E-state index contributed by atoms with van der Waals surface area (Å²) in [4.78, 5) is 5.49. The van der Waals surface area contributed by atoms with Crippen LogP contribution in [0.4, 0.5) is 0 Å². The molecule has 0 spiro atoms. The van der Waals surface area contributed by atoms with Crippen molar-refractivity contribution in [1.29, 1.82) is 0 Å². The summed E-state index contributed by atoms with van der Waals surface area (Å²) in [6.07, 6.45) is 2.71. The van der Waals surface area contributed by atoms with Gasteiger partial charge in [-0.1, -0.05) is 22.9 Å². The standard InChI is InChI=1S/C14H19BrN4S/c1-4-7-16-10(2)12-8-11(15)5-6-13(12)20-14-17-9-18-19(14)3/h5-6,8-10,16H,4,7H2,1-3H3. The van der Waals surface area contributed by atoms with Gasteiger partial charge in [-0.05, 0) is 55.4 Å². The maximum absolute atomic E-state index is 4.28. The zero-order chi connectivity index (χ0) is 14.5. The Labute approximate surface area is 132 Å². The number of halogens is 1. The second kappa shape index (κ2) is 7.24. The summed E-state index contributed by atoms with van der Waals surface area (Å²) in [5.74, 6) is 0. The number of benzene rings is 1. The fourth-order valence-corrected chi connectivity index (χ4v) is 3.24. The van der Waals surface area contributed by atoms with E-state index in [1.54, 1.807) is 22.8 Å². The van der Waals surface area contributed by atoms with Gasteiger partial charge < -0.3 is 5.32 Å². The lowest BCUT2D eigenvalue weighted by Crippen LogP contribution is -2.19. The molecular weight excluding hydrogens is 336 g/mol. The molecule has 0 amide bonds. The Morgan fingerprint density at radius 2 is 2.25 bits per heavy atom. The van der Waals surface area contributed by atoms with Crippen molar-refractivity contribution in [2.45, 2.75) is 36.4 Å². The van der Waals surface area contributed by atoms with Crippen molar-refractivity contribution in [2.75, 3.05) is 6.54 Å². The van der Waals surface area contributed by atoms with Gasteiger partial charge in [-0.25, -0.2) is 9.67 Å². The number of nitrogens with zero attached hydrogens (tertiary/aromatic N) is 3. The third-order valence-electron chi connectivity index (χ3n) is 3.01. The third kappa shape index (κ3) is 3.84.